The number of hydrogen-bond acceptors (Lipinski definition) is 3. The Labute approximate surface area is 165 Å². The molecule has 2 aliphatic carbocycles. The number of benzene rings is 1. The van der Waals surface area contributed by atoms with E-state index >= 15 is 0 Å². The van der Waals surface area contributed by atoms with Gasteiger partial charge in [0, 0.05) is 17.6 Å². The molecule has 1 aromatic carbocycles. The van der Waals surface area contributed by atoms with E-state index in [1.807, 2.05) is 36.5 Å². The molecule has 0 saturated heterocycles. The van der Waals surface area contributed by atoms with Gasteiger partial charge in [0.2, 0.25) is 10.0 Å². The Morgan fingerprint density at radius 1 is 1.25 bits per heavy atom. The predicted molar refractivity (Wildman–Crippen MR) is 109 cm³/mol. The number of sulfonamides is 1. The van der Waals surface area contributed by atoms with Crippen LogP contribution in [-0.2, 0) is 22.9 Å². The highest BCUT2D eigenvalue weighted by molar-refractivity contribution is 7.92. The zero-order chi connectivity index (χ0) is 19.7. The molecule has 3 atom stereocenters. The van der Waals surface area contributed by atoms with Gasteiger partial charge in [0.05, 0.1) is 6.26 Å². The normalized spacial score (nSPS) is 23.9. The van der Waals surface area contributed by atoms with Crippen LogP contribution in [0.1, 0.15) is 29.2 Å². The van der Waals surface area contributed by atoms with Crippen molar-refractivity contribution in [1.82, 2.24) is 4.98 Å². The van der Waals surface area contributed by atoms with E-state index in [-0.39, 0.29) is 23.6 Å². The number of pyridine rings is 1. The molecule has 0 bridgehead atoms. The summed E-state index contributed by atoms with van der Waals surface area (Å²) >= 11 is 0. The lowest BCUT2D eigenvalue weighted by molar-refractivity contribution is 0.376. The highest BCUT2D eigenvalue weighted by Crippen LogP contribution is 2.43. The highest BCUT2D eigenvalue weighted by Gasteiger charge is 2.34. The fraction of sp³-hybridized carbons (Fsp3) is 0.318. The average Bonchev–Trinajstić information content (AvgIpc) is 2.78. The average molecular weight is 399 g/mol. The van der Waals surface area contributed by atoms with Crippen LogP contribution in [0.3, 0.4) is 0 Å². The molecular weight excluding hydrogens is 375 g/mol. The third kappa shape index (κ3) is 4.17. The minimum atomic E-state index is -3.33. The predicted octanol–water partition coefficient (Wildman–Crippen LogP) is 4.38. The first kappa shape index (κ1) is 18.9. The lowest BCUT2D eigenvalue weighted by Gasteiger charge is -2.30. The molecule has 146 valence electrons. The van der Waals surface area contributed by atoms with Gasteiger partial charge in [-0.05, 0) is 78.5 Å². The SMILES string of the molecule is CS(=O)(=O)Nc1cccc(CC2c3cccnc3CCC3C=C(F)C=CC32)c1. The molecular formula is C22H23FN2O2S. The minimum absolute atomic E-state index is 0.140. The standard InChI is InChI=1S/C22H23FN2O2S/c1-28(26,27)25-18-5-2-4-15(12-18)13-21-19-9-8-17(23)14-16(19)7-10-22-20(21)6-3-11-24-22/h2-6,8-9,11-12,14,16,19,21,25H,7,10,13H2,1H3. The zero-order valence-electron chi connectivity index (χ0n) is 15.7. The van der Waals surface area contributed by atoms with Gasteiger partial charge in [-0.2, -0.15) is 0 Å². The van der Waals surface area contributed by atoms with Crippen LogP contribution in [0.25, 0.3) is 0 Å². The van der Waals surface area contributed by atoms with Crippen LogP contribution in [0.2, 0.25) is 0 Å². The van der Waals surface area contributed by atoms with Gasteiger partial charge in [0.25, 0.3) is 0 Å². The number of hydrogen-bond donors (Lipinski definition) is 1. The maximum Gasteiger partial charge on any atom is 0.229 e. The molecule has 0 amide bonds. The molecule has 0 saturated carbocycles. The summed E-state index contributed by atoms with van der Waals surface area (Å²) in [6.07, 6.45) is 10.7. The molecule has 2 aromatic rings. The van der Waals surface area contributed by atoms with E-state index in [1.54, 1.807) is 18.2 Å². The first-order valence-corrected chi connectivity index (χ1v) is 11.3. The van der Waals surface area contributed by atoms with E-state index in [0.717, 1.165) is 36.8 Å². The molecule has 6 heteroatoms. The lowest BCUT2D eigenvalue weighted by Crippen LogP contribution is -2.22. The summed E-state index contributed by atoms with van der Waals surface area (Å²) in [7, 11) is -3.33. The number of nitrogens with one attached hydrogen (secondary N) is 1. The number of aryl methyl sites for hydroxylation is 1. The number of halogens is 1. The summed E-state index contributed by atoms with van der Waals surface area (Å²) in [4.78, 5) is 4.58. The van der Waals surface area contributed by atoms with Crippen LogP contribution in [0.15, 0.2) is 66.6 Å². The van der Waals surface area contributed by atoms with Gasteiger partial charge in [-0.25, -0.2) is 12.8 Å². The van der Waals surface area contributed by atoms with Gasteiger partial charge in [-0.3, -0.25) is 9.71 Å². The number of fused-ring (bicyclic) bond motifs is 2. The van der Waals surface area contributed by atoms with Gasteiger partial charge < -0.3 is 0 Å². The first-order valence-electron chi connectivity index (χ1n) is 9.45. The molecule has 1 N–H and O–H groups in total. The van der Waals surface area contributed by atoms with Crippen molar-refractivity contribution >= 4 is 15.7 Å². The van der Waals surface area contributed by atoms with Crippen LogP contribution in [-0.4, -0.2) is 19.7 Å². The summed E-state index contributed by atoms with van der Waals surface area (Å²) in [5.41, 5.74) is 3.88. The van der Waals surface area contributed by atoms with Crippen molar-refractivity contribution in [3.63, 3.8) is 0 Å². The van der Waals surface area contributed by atoms with Crippen LogP contribution in [0.4, 0.5) is 10.1 Å². The molecule has 0 aliphatic heterocycles. The van der Waals surface area contributed by atoms with Gasteiger partial charge in [-0.15, -0.1) is 0 Å². The highest BCUT2D eigenvalue weighted by atomic mass is 32.2. The van der Waals surface area contributed by atoms with Gasteiger partial charge in [0.15, 0.2) is 0 Å². The topological polar surface area (TPSA) is 59.1 Å². The van der Waals surface area contributed by atoms with Crippen molar-refractivity contribution in [2.45, 2.75) is 25.2 Å². The summed E-state index contributed by atoms with van der Waals surface area (Å²) in [6.45, 7) is 0. The molecule has 4 nitrogen and oxygen atoms in total. The van der Waals surface area contributed by atoms with Gasteiger partial charge >= 0.3 is 0 Å². The number of anilines is 1. The number of allylic oxidation sites excluding steroid dienone is 4. The summed E-state index contributed by atoms with van der Waals surface area (Å²) < 4.78 is 39.5. The molecule has 28 heavy (non-hydrogen) atoms. The largest absolute Gasteiger partial charge is 0.284 e. The molecule has 0 radical (unpaired) electrons. The Hall–Kier alpha value is -2.47. The second kappa shape index (κ2) is 7.51. The quantitative estimate of drug-likeness (QED) is 0.831. The van der Waals surface area contributed by atoms with Crippen molar-refractivity contribution in [2.24, 2.45) is 11.8 Å². The van der Waals surface area contributed by atoms with Crippen molar-refractivity contribution in [3.8, 4) is 0 Å². The van der Waals surface area contributed by atoms with Crippen LogP contribution >= 0.6 is 0 Å². The molecule has 0 fully saturated rings. The Morgan fingerprint density at radius 3 is 2.93 bits per heavy atom. The number of rotatable bonds is 4. The van der Waals surface area contributed by atoms with E-state index in [0.29, 0.717) is 5.69 Å². The van der Waals surface area contributed by atoms with Crippen LogP contribution < -0.4 is 4.72 Å². The van der Waals surface area contributed by atoms with Gasteiger partial charge in [0.1, 0.15) is 5.83 Å². The maximum absolute atomic E-state index is 13.9. The molecule has 1 aromatic heterocycles. The van der Waals surface area contributed by atoms with Crippen molar-refractivity contribution < 1.29 is 12.8 Å². The van der Waals surface area contributed by atoms with Gasteiger partial charge in [-0.1, -0.05) is 24.3 Å². The monoisotopic (exact) mass is 398 g/mol. The van der Waals surface area contributed by atoms with Crippen LogP contribution in [0, 0.1) is 11.8 Å². The Morgan fingerprint density at radius 2 is 2.11 bits per heavy atom. The second-order valence-corrected chi connectivity index (χ2v) is 9.36. The molecule has 4 rings (SSSR count). The smallest absolute Gasteiger partial charge is 0.229 e. The third-order valence-corrected chi connectivity index (χ3v) is 6.14. The Kier molecular flexibility index (Phi) is 5.06. The molecule has 3 unspecified atom stereocenters. The third-order valence-electron chi connectivity index (χ3n) is 5.54. The summed E-state index contributed by atoms with van der Waals surface area (Å²) in [6, 6.07) is 11.6. The van der Waals surface area contributed by atoms with E-state index in [9.17, 15) is 12.8 Å². The Balaban J connectivity index is 1.70. The Bertz CT molecular complexity index is 1050. The molecule has 2 aliphatic rings. The van der Waals surface area contributed by atoms with E-state index in [1.165, 1.54) is 5.56 Å². The van der Waals surface area contributed by atoms with E-state index < -0.39 is 10.0 Å². The van der Waals surface area contributed by atoms with Crippen LogP contribution in [0.5, 0.6) is 0 Å². The van der Waals surface area contributed by atoms with Crippen molar-refractivity contribution in [1.29, 1.82) is 0 Å². The maximum atomic E-state index is 13.9. The first-order chi connectivity index (χ1) is 13.4. The minimum Gasteiger partial charge on any atom is -0.284 e. The molecule has 0 spiro atoms. The number of aromatic nitrogens is 1. The zero-order valence-corrected chi connectivity index (χ0v) is 16.5. The van der Waals surface area contributed by atoms with E-state index in [4.69, 9.17) is 0 Å². The number of nitrogens with zero attached hydrogens (tertiary/aromatic N) is 1. The summed E-state index contributed by atoms with van der Waals surface area (Å²) in [5.74, 6) is 0.321. The second-order valence-electron chi connectivity index (χ2n) is 7.62. The van der Waals surface area contributed by atoms with Crippen molar-refractivity contribution in [3.05, 3.63) is 83.5 Å². The fourth-order valence-corrected chi connectivity index (χ4v) is 4.96. The van der Waals surface area contributed by atoms with E-state index in [2.05, 4.69) is 15.8 Å². The lowest BCUT2D eigenvalue weighted by atomic mass is 9.74. The molecule has 1 heterocycles. The van der Waals surface area contributed by atoms with Crippen molar-refractivity contribution in [2.75, 3.05) is 11.0 Å². The summed E-state index contributed by atoms with van der Waals surface area (Å²) in [5, 5.41) is 0. The fourth-order valence-electron chi connectivity index (χ4n) is 4.41.